The second-order valence-corrected chi connectivity index (χ2v) is 7.58. The maximum Gasteiger partial charge on any atom is 0.0246 e. The van der Waals surface area contributed by atoms with Crippen LogP contribution in [0, 0.1) is 17.3 Å². The van der Waals surface area contributed by atoms with Gasteiger partial charge in [-0.25, -0.2) is 0 Å². The second kappa shape index (κ2) is 7.26. The average molecular weight is 280 g/mol. The van der Waals surface area contributed by atoms with E-state index in [1.807, 2.05) is 0 Å². The number of hydrogen-bond acceptors (Lipinski definition) is 2. The zero-order valence-electron chi connectivity index (χ0n) is 14.0. The fourth-order valence-electron chi connectivity index (χ4n) is 4.76. The van der Waals surface area contributed by atoms with Crippen molar-refractivity contribution in [2.24, 2.45) is 23.0 Å². The normalized spacial score (nSPS) is 33.0. The molecule has 2 heteroatoms. The van der Waals surface area contributed by atoms with Crippen LogP contribution in [0.1, 0.15) is 72.1 Å². The predicted octanol–water partition coefficient (Wildman–Crippen LogP) is 4.04. The lowest BCUT2D eigenvalue weighted by molar-refractivity contribution is 0.0353. The smallest absolute Gasteiger partial charge is 0.0246 e. The summed E-state index contributed by atoms with van der Waals surface area (Å²) in [6.07, 6.45) is 11.2. The van der Waals surface area contributed by atoms with E-state index >= 15 is 0 Å². The molecule has 2 N–H and O–H groups in total. The quantitative estimate of drug-likeness (QED) is 0.823. The molecule has 1 heterocycles. The van der Waals surface area contributed by atoms with Crippen LogP contribution in [0.2, 0.25) is 0 Å². The first kappa shape index (κ1) is 16.3. The van der Waals surface area contributed by atoms with Gasteiger partial charge in [-0.2, -0.15) is 0 Å². The Balaban J connectivity index is 1.93. The molecule has 0 aromatic carbocycles. The van der Waals surface area contributed by atoms with Crippen molar-refractivity contribution in [2.45, 2.75) is 78.2 Å². The van der Waals surface area contributed by atoms with Gasteiger partial charge in [0.05, 0.1) is 0 Å². The van der Waals surface area contributed by atoms with E-state index in [0.717, 1.165) is 18.4 Å². The molecule has 0 aromatic rings. The molecule has 1 saturated carbocycles. The zero-order chi connectivity index (χ0) is 14.6. The fraction of sp³-hybridized carbons (Fsp3) is 1.00. The maximum absolute atomic E-state index is 6.17. The van der Waals surface area contributed by atoms with E-state index in [-0.39, 0.29) is 0 Å². The molecule has 0 aromatic heterocycles. The van der Waals surface area contributed by atoms with Crippen LogP contribution in [0.25, 0.3) is 0 Å². The van der Waals surface area contributed by atoms with Crippen LogP contribution in [0.15, 0.2) is 0 Å². The highest BCUT2D eigenvalue weighted by atomic mass is 15.2. The lowest BCUT2D eigenvalue weighted by atomic mass is 9.72. The number of piperidine rings is 1. The third-order valence-corrected chi connectivity index (χ3v) is 6.59. The van der Waals surface area contributed by atoms with Gasteiger partial charge in [0.1, 0.15) is 0 Å². The Morgan fingerprint density at radius 3 is 2.30 bits per heavy atom. The Morgan fingerprint density at radius 2 is 1.80 bits per heavy atom. The van der Waals surface area contributed by atoms with Crippen molar-refractivity contribution < 1.29 is 0 Å². The molecular formula is C18H36N2. The van der Waals surface area contributed by atoms with Gasteiger partial charge in [0.15, 0.2) is 0 Å². The van der Waals surface area contributed by atoms with E-state index < -0.39 is 0 Å². The molecular weight excluding hydrogens is 244 g/mol. The molecule has 0 amide bonds. The SMILES string of the molecule is CCC1(CC)CCN(C(CN)C2CCCC(C)C2)CC1. The Morgan fingerprint density at radius 1 is 1.15 bits per heavy atom. The second-order valence-electron chi connectivity index (χ2n) is 7.58. The highest BCUT2D eigenvalue weighted by molar-refractivity contribution is 4.90. The summed E-state index contributed by atoms with van der Waals surface area (Å²) >= 11 is 0. The number of rotatable bonds is 5. The van der Waals surface area contributed by atoms with Crippen LogP contribution in [-0.4, -0.2) is 30.6 Å². The summed E-state index contributed by atoms with van der Waals surface area (Å²) in [5.74, 6) is 1.78. The number of likely N-dealkylation sites (tertiary alicyclic amines) is 1. The van der Waals surface area contributed by atoms with Gasteiger partial charge in [-0.15, -0.1) is 0 Å². The molecule has 2 rings (SSSR count). The van der Waals surface area contributed by atoms with Crippen molar-refractivity contribution >= 4 is 0 Å². The summed E-state index contributed by atoms with van der Waals surface area (Å²) in [5, 5.41) is 0. The van der Waals surface area contributed by atoms with Crippen LogP contribution in [0.3, 0.4) is 0 Å². The van der Waals surface area contributed by atoms with Crippen LogP contribution in [-0.2, 0) is 0 Å². The Labute approximate surface area is 126 Å². The molecule has 1 aliphatic carbocycles. The van der Waals surface area contributed by atoms with Gasteiger partial charge < -0.3 is 5.73 Å². The Bertz CT molecular complexity index is 275. The van der Waals surface area contributed by atoms with Crippen molar-refractivity contribution in [1.82, 2.24) is 4.90 Å². The van der Waals surface area contributed by atoms with Gasteiger partial charge in [-0.05, 0) is 56.0 Å². The van der Waals surface area contributed by atoms with Crippen LogP contribution < -0.4 is 5.73 Å². The Kier molecular flexibility index (Phi) is 5.92. The first-order valence-corrected chi connectivity index (χ1v) is 9.08. The molecule has 2 nitrogen and oxygen atoms in total. The lowest BCUT2D eigenvalue weighted by Crippen LogP contribution is -2.51. The third-order valence-electron chi connectivity index (χ3n) is 6.59. The summed E-state index contributed by atoms with van der Waals surface area (Å²) in [5.41, 5.74) is 6.81. The summed E-state index contributed by atoms with van der Waals surface area (Å²) < 4.78 is 0. The highest BCUT2D eigenvalue weighted by Gasteiger charge is 2.36. The molecule has 1 saturated heterocycles. The van der Waals surface area contributed by atoms with E-state index in [1.54, 1.807) is 0 Å². The van der Waals surface area contributed by atoms with E-state index in [9.17, 15) is 0 Å². The van der Waals surface area contributed by atoms with E-state index in [4.69, 9.17) is 5.73 Å². The van der Waals surface area contributed by atoms with Crippen molar-refractivity contribution in [3.63, 3.8) is 0 Å². The van der Waals surface area contributed by atoms with Gasteiger partial charge >= 0.3 is 0 Å². The minimum absolute atomic E-state index is 0.634. The first-order chi connectivity index (χ1) is 9.64. The van der Waals surface area contributed by atoms with Gasteiger partial charge in [0.2, 0.25) is 0 Å². The van der Waals surface area contributed by atoms with Gasteiger partial charge in [0.25, 0.3) is 0 Å². The standard InChI is InChI=1S/C18H36N2/c1-4-18(5-2)9-11-20(12-10-18)17(14-19)16-8-6-7-15(3)13-16/h15-17H,4-14,19H2,1-3H3. The number of nitrogens with two attached hydrogens (primary N) is 1. The molecule has 0 radical (unpaired) electrons. The first-order valence-electron chi connectivity index (χ1n) is 9.08. The third kappa shape index (κ3) is 3.57. The minimum Gasteiger partial charge on any atom is -0.329 e. The summed E-state index contributed by atoms with van der Waals surface area (Å²) in [6.45, 7) is 10.6. The van der Waals surface area contributed by atoms with Gasteiger partial charge in [-0.1, -0.05) is 46.5 Å². The van der Waals surface area contributed by atoms with Crippen molar-refractivity contribution in [3.05, 3.63) is 0 Å². The maximum atomic E-state index is 6.17. The summed E-state index contributed by atoms with van der Waals surface area (Å²) in [6, 6.07) is 0.657. The predicted molar refractivity (Wildman–Crippen MR) is 87.8 cm³/mol. The van der Waals surface area contributed by atoms with Crippen LogP contribution >= 0.6 is 0 Å². The highest BCUT2D eigenvalue weighted by Crippen LogP contribution is 2.40. The molecule has 0 bridgehead atoms. The van der Waals surface area contributed by atoms with Crippen LogP contribution in [0.4, 0.5) is 0 Å². The van der Waals surface area contributed by atoms with E-state index in [2.05, 4.69) is 25.7 Å². The molecule has 2 fully saturated rings. The van der Waals surface area contributed by atoms with Crippen molar-refractivity contribution in [3.8, 4) is 0 Å². The molecule has 3 unspecified atom stereocenters. The van der Waals surface area contributed by atoms with Crippen molar-refractivity contribution in [2.75, 3.05) is 19.6 Å². The van der Waals surface area contributed by atoms with Crippen molar-refractivity contribution in [1.29, 1.82) is 0 Å². The van der Waals surface area contributed by atoms with E-state index in [1.165, 1.54) is 64.5 Å². The average Bonchev–Trinajstić information content (AvgIpc) is 2.49. The van der Waals surface area contributed by atoms with Crippen LogP contribution in [0.5, 0.6) is 0 Å². The summed E-state index contributed by atoms with van der Waals surface area (Å²) in [7, 11) is 0. The number of nitrogens with zero attached hydrogens (tertiary/aromatic N) is 1. The minimum atomic E-state index is 0.634. The molecule has 2 aliphatic rings. The summed E-state index contributed by atoms with van der Waals surface area (Å²) in [4.78, 5) is 2.74. The van der Waals surface area contributed by atoms with Gasteiger partial charge in [0, 0.05) is 12.6 Å². The lowest BCUT2D eigenvalue weighted by Gasteiger charge is -2.46. The fourth-order valence-corrected chi connectivity index (χ4v) is 4.76. The van der Waals surface area contributed by atoms with E-state index in [0.29, 0.717) is 11.5 Å². The van der Waals surface area contributed by atoms with Gasteiger partial charge in [-0.3, -0.25) is 4.90 Å². The number of hydrogen-bond donors (Lipinski definition) is 1. The molecule has 20 heavy (non-hydrogen) atoms. The molecule has 3 atom stereocenters. The zero-order valence-corrected chi connectivity index (χ0v) is 14.0. The monoisotopic (exact) mass is 280 g/mol. The Hall–Kier alpha value is -0.0800. The molecule has 0 spiro atoms. The molecule has 118 valence electrons. The molecule has 1 aliphatic heterocycles. The topological polar surface area (TPSA) is 29.3 Å². The largest absolute Gasteiger partial charge is 0.329 e.